The summed E-state index contributed by atoms with van der Waals surface area (Å²) in [6.45, 7) is 13.0. The highest BCUT2D eigenvalue weighted by Crippen LogP contribution is 2.28. The van der Waals surface area contributed by atoms with E-state index in [1.165, 1.54) is 49.0 Å². The van der Waals surface area contributed by atoms with Crippen molar-refractivity contribution >= 4 is 11.8 Å². The fourth-order valence-corrected chi connectivity index (χ4v) is 3.59. The Morgan fingerprint density at radius 3 is 1.83 bits per heavy atom. The maximum atomic E-state index is 2.33. The summed E-state index contributed by atoms with van der Waals surface area (Å²) in [5.41, 5.74) is 3.00. The first kappa shape index (κ1) is 22.6. The van der Waals surface area contributed by atoms with Crippen LogP contribution in [0.2, 0.25) is 0 Å². The summed E-state index contributed by atoms with van der Waals surface area (Å²) in [7, 11) is 0. The van der Waals surface area contributed by atoms with E-state index in [1.807, 2.05) is 25.6 Å². The Balaban J connectivity index is 0.000000515. The Kier molecular flexibility index (Phi) is 13.7. The number of hydrogen-bond acceptors (Lipinski definition) is 1. The number of rotatable bonds is 5. The summed E-state index contributed by atoms with van der Waals surface area (Å²) in [5, 5.41) is 0. The quantitative estimate of drug-likeness (QED) is 0.534. The lowest BCUT2D eigenvalue weighted by Gasteiger charge is -2.10. The first-order valence-corrected chi connectivity index (χ1v) is 11.0. The minimum absolute atomic E-state index is 0.658. The second-order valence-electron chi connectivity index (χ2n) is 7.10. The molecule has 0 heterocycles. The number of benzene rings is 1. The fraction of sp³-hybridized carbons (Fsp3) is 0.727. The minimum atomic E-state index is 0.658. The lowest BCUT2D eigenvalue weighted by Crippen LogP contribution is -1.98. The van der Waals surface area contributed by atoms with Gasteiger partial charge in [-0.15, -0.1) is 0 Å². The SMILES string of the molecule is CC.CC(C)c1ccc(CC2CCCC2)cc1.CSCC(C)C. The van der Waals surface area contributed by atoms with Gasteiger partial charge in [-0.05, 0) is 47.3 Å². The average molecular weight is 337 g/mol. The maximum Gasteiger partial charge on any atom is -0.00472 e. The molecule has 1 aliphatic carbocycles. The summed E-state index contributed by atoms with van der Waals surface area (Å²) in [5.74, 6) is 3.78. The van der Waals surface area contributed by atoms with Gasteiger partial charge >= 0.3 is 0 Å². The van der Waals surface area contributed by atoms with Crippen molar-refractivity contribution in [3.05, 3.63) is 35.4 Å². The summed E-state index contributed by atoms with van der Waals surface area (Å²) in [4.78, 5) is 0. The Morgan fingerprint density at radius 1 is 0.957 bits per heavy atom. The topological polar surface area (TPSA) is 0 Å². The van der Waals surface area contributed by atoms with E-state index in [2.05, 4.69) is 58.2 Å². The first-order valence-electron chi connectivity index (χ1n) is 9.60. The predicted molar refractivity (Wildman–Crippen MR) is 111 cm³/mol. The van der Waals surface area contributed by atoms with Gasteiger partial charge in [0.1, 0.15) is 0 Å². The van der Waals surface area contributed by atoms with Crippen molar-refractivity contribution in [1.29, 1.82) is 0 Å². The van der Waals surface area contributed by atoms with Crippen LogP contribution in [0.1, 0.15) is 84.3 Å². The summed E-state index contributed by atoms with van der Waals surface area (Å²) in [6.07, 6.45) is 9.25. The van der Waals surface area contributed by atoms with Gasteiger partial charge in [-0.3, -0.25) is 0 Å². The summed E-state index contributed by atoms with van der Waals surface area (Å²) in [6, 6.07) is 9.26. The molecule has 1 fully saturated rings. The minimum Gasteiger partial charge on any atom is -0.165 e. The van der Waals surface area contributed by atoms with Crippen molar-refractivity contribution in [2.75, 3.05) is 12.0 Å². The van der Waals surface area contributed by atoms with E-state index >= 15 is 0 Å². The van der Waals surface area contributed by atoms with Crippen LogP contribution in [0.25, 0.3) is 0 Å². The molecule has 1 saturated carbocycles. The van der Waals surface area contributed by atoms with Crippen molar-refractivity contribution in [2.24, 2.45) is 11.8 Å². The lowest BCUT2D eigenvalue weighted by molar-refractivity contribution is 0.546. The van der Waals surface area contributed by atoms with E-state index in [0.29, 0.717) is 5.92 Å². The average Bonchev–Trinajstić information content (AvgIpc) is 3.03. The number of hydrogen-bond donors (Lipinski definition) is 0. The molecule has 23 heavy (non-hydrogen) atoms. The van der Waals surface area contributed by atoms with E-state index < -0.39 is 0 Å². The molecular formula is C22H40S. The van der Waals surface area contributed by atoms with Gasteiger partial charge in [0.05, 0.1) is 0 Å². The third-order valence-electron chi connectivity index (χ3n) is 4.15. The second-order valence-corrected chi connectivity index (χ2v) is 8.01. The van der Waals surface area contributed by atoms with Crippen LogP contribution in [0.4, 0.5) is 0 Å². The van der Waals surface area contributed by atoms with Gasteiger partial charge in [0.2, 0.25) is 0 Å². The smallest absolute Gasteiger partial charge is 0.00472 e. The van der Waals surface area contributed by atoms with E-state index in [-0.39, 0.29) is 0 Å². The van der Waals surface area contributed by atoms with E-state index in [4.69, 9.17) is 0 Å². The summed E-state index contributed by atoms with van der Waals surface area (Å²) < 4.78 is 0. The highest BCUT2D eigenvalue weighted by molar-refractivity contribution is 7.98. The van der Waals surface area contributed by atoms with Crippen LogP contribution < -0.4 is 0 Å². The molecule has 0 amide bonds. The molecule has 0 atom stereocenters. The van der Waals surface area contributed by atoms with Crippen LogP contribution in [0.3, 0.4) is 0 Å². The fourth-order valence-electron chi connectivity index (χ4n) is 2.92. The van der Waals surface area contributed by atoms with E-state index in [0.717, 1.165) is 11.8 Å². The molecule has 1 aromatic carbocycles. The summed E-state index contributed by atoms with van der Waals surface area (Å²) >= 11 is 1.91. The molecule has 0 nitrogen and oxygen atoms in total. The molecule has 0 unspecified atom stereocenters. The van der Waals surface area contributed by atoms with Crippen molar-refractivity contribution in [2.45, 2.75) is 79.6 Å². The molecule has 0 spiro atoms. The first-order chi connectivity index (χ1) is 11.0. The van der Waals surface area contributed by atoms with Crippen molar-refractivity contribution in [3.63, 3.8) is 0 Å². The second kappa shape index (κ2) is 14.0. The normalized spacial score (nSPS) is 14.3. The van der Waals surface area contributed by atoms with Crippen LogP contribution in [-0.2, 0) is 6.42 Å². The molecule has 0 saturated heterocycles. The third kappa shape index (κ3) is 10.9. The molecule has 2 rings (SSSR count). The van der Waals surface area contributed by atoms with Crippen LogP contribution >= 0.6 is 11.8 Å². The van der Waals surface area contributed by atoms with Gasteiger partial charge in [0, 0.05) is 0 Å². The molecule has 134 valence electrons. The van der Waals surface area contributed by atoms with E-state index in [9.17, 15) is 0 Å². The standard InChI is InChI=1S/C15H22.C5H12S.C2H6/c1-12(2)15-9-7-14(8-10-15)11-13-5-3-4-6-13;1-5(2)4-6-3;1-2/h7-10,12-13H,3-6,11H2,1-2H3;5H,4H2,1-3H3;1-2H3. The van der Waals surface area contributed by atoms with Gasteiger partial charge in [-0.2, -0.15) is 11.8 Å². The Hall–Kier alpha value is -0.430. The van der Waals surface area contributed by atoms with Gasteiger partial charge in [0.25, 0.3) is 0 Å². The highest BCUT2D eigenvalue weighted by Gasteiger charge is 2.15. The molecule has 0 aromatic heterocycles. The van der Waals surface area contributed by atoms with Crippen LogP contribution in [-0.4, -0.2) is 12.0 Å². The molecule has 0 radical (unpaired) electrons. The Bertz CT molecular complexity index is 358. The Labute approximate surface area is 150 Å². The van der Waals surface area contributed by atoms with Gasteiger partial charge in [-0.1, -0.05) is 91.5 Å². The molecule has 0 bridgehead atoms. The molecule has 1 aromatic rings. The third-order valence-corrected chi connectivity index (χ3v) is 5.15. The largest absolute Gasteiger partial charge is 0.165 e. The van der Waals surface area contributed by atoms with Crippen molar-refractivity contribution in [1.82, 2.24) is 0 Å². The molecule has 0 N–H and O–H groups in total. The molecular weight excluding hydrogens is 296 g/mol. The zero-order valence-electron chi connectivity index (χ0n) is 16.7. The van der Waals surface area contributed by atoms with Crippen LogP contribution in [0, 0.1) is 11.8 Å². The highest BCUT2D eigenvalue weighted by atomic mass is 32.2. The monoisotopic (exact) mass is 336 g/mol. The lowest BCUT2D eigenvalue weighted by atomic mass is 9.95. The number of thioether (sulfide) groups is 1. The van der Waals surface area contributed by atoms with Crippen LogP contribution in [0.5, 0.6) is 0 Å². The van der Waals surface area contributed by atoms with E-state index in [1.54, 1.807) is 0 Å². The van der Waals surface area contributed by atoms with Crippen molar-refractivity contribution in [3.8, 4) is 0 Å². The maximum absolute atomic E-state index is 2.33. The Morgan fingerprint density at radius 2 is 1.48 bits per heavy atom. The molecule has 1 heteroatoms. The van der Waals surface area contributed by atoms with Crippen LogP contribution in [0.15, 0.2) is 24.3 Å². The van der Waals surface area contributed by atoms with Gasteiger partial charge in [-0.25, -0.2) is 0 Å². The van der Waals surface area contributed by atoms with Crippen molar-refractivity contribution < 1.29 is 0 Å². The zero-order chi connectivity index (χ0) is 17.7. The van der Waals surface area contributed by atoms with Gasteiger partial charge < -0.3 is 0 Å². The zero-order valence-corrected chi connectivity index (χ0v) is 17.5. The molecule has 0 aliphatic heterocycles. The molecule has 1 aliphatic rings. The predicted octanol–water partition coefficient (Wildman–Crippen LogP) is 7.57. The van der Waals surface area contributed by atoms with Gasteiger partial charge in [0.15, 0.2) is 0 Å².